The predicted molar refractivity (Wildman–Crippen MR) is 59.2 cm³/mol. The number of hydrogen-bond donors (Lipinski definition) is 0. The molecule has 15 heavy (non-hydrogen) atoms. The van der Waals surface area contributed by atoms with E-state index in [4.69, 9.17) is 0 Å². The van der Waals surface area contributed by atoms with Gasteiger partial charge in [0.05, 0.1) is 11.8 Å². The summed E-state index contributed by atoms with van der Waals surface area (Å²) >= 11 is 0. The molecule has 0 bridgehead atoms. The zero-order chi connectivity index (χ0) is 11.8. The van der Waals surface area contributed by atoms with Gasteiger partial charge in [-0.2, -0.15) is 0 Å². The average Bonchev–Trinajstić information content (AvgIpc) is 2.61. The summed E-state index contributed by atoms with van der Waals surface area (Å²) in [6.45, 7) is 8.00. The molecule has 1 heterocycles. The molecule has 1 unspecified atom stereocenters. The minimum atomic E-state index is -0.292. The molecule has 0 spiro atoms. The second kappa shape index (κ2) is 7.43. The molecule has 2 fully saturated rings. The van der Waals surface area contributed by atoms with Gasteiger partial charge >= 0.3 is 11.9 Å². The number of fused-ring (bicyclic) bond motifs is 1. The minimum Gasteiger partial charge on any atom is -0.393 e. The summed E-state index contributed by atoms with van der Waals surface area (Å²) in [7, 11) is 0. The molecule has 1 aliphatic heterocycles. The Balaban J connectivity index is 0.000000442. The van der Waals surface area contributed by atoms with Gasteiger partial charge in [0.2, 0.25) is 0 Å². The summed E-state index contributed by atoms with van der Waals surface area (Å²) in [6.07, 6.45) is 3.80. The van der Waals surface area contributed by atoms with E-state index in [9.17, 15) is 9.59 Å². The molecule has 88 valence electrons. The van der Waals surface area contributed by atoms with Crippen molar-refractivity contribution in [2.75, 3.05) is 0 Å². The van der Waals surface area contributed by atoms with E-state index in [1.54, 1.807) is 0 Å². The van der Waals surface area contributed by atoms with Gasteiger partial charge in [-0.05, 0) is 12.8 Å². The Hall–Kier alpha value is -0.860. The van der Waals surface area contributed by atoms with Crippen LogP contribution in [0.3, 0.4) is 0 Å². The van der Waals surface area contributed by atoms with E-state index in [0.717, 1.165) is 25.7 Å². The van der Waals surface area contributed by atoms with Crippen LogP contribution in [0.1, 0.15) is 53.4 Å². The molecule has 0 amide bonds. The van der Waals surface area contributed by atoms with Crippen LogP contribution in [0.4, 0.5) is 0 Å². The highest BCUT2D eigenvalue weighted by molar-refractivity contribution is 5.96. The highest BCUT2D eigenvalue weighted by atomic mass is 16.6. The fourth-order valence-corrected chi connectivity index (χ4v) is 1.95. The lowest BCUT2D eigenvalue weighted by Gasteiger charge is -2.18. The number of rotatable bonds is 0. The maximum atomic E-state index is 11.0. The zero-order valence-electron chi connectivity index (χ0n) is 10.2. The van der Waals surface area contributed by atoms with Crippen LogP contribution in [0.5, 0.6) is 0 Å². The first-order valence-corrected chi connectivity index (χ1v) is 6.04. The van der Waals surface area contributed by atoms with E-state index in [-0.39, 0.29) is 23.8 Å². The fourth-order valence-electron chi connectivity index (χ4n) is 1.95. The quantitative estimate of drug-likeness (QED) is 0.460. The van der Waals surface area contributed by atoms with Crippen molar-refractivity contribution >= 4 is 11.9 Å². The molecule has 1 aliphatic carbocycles. The van der Waals surface area contributed by atoms with E-state index in [2.05, 4.69) is 4.74 Å². The maximum Gasteiger partial charge on any atom is 0.317 e. The molecular weight excluding hydrogens is 192 g/mol. The molecule has 3 heteroatoms. The molecule has 1 saturated heterocycles. The van der Waals surface area contributed by atoms with Crippen LogP contribution in [-0.4, -0.2) is 11.9 Å². The summed E-state index contributed by atoms with van der Waals surface area (Å²) in [6, 6.07) is 0. The van der Waals surface area contributed by atoms with Gasteiger partial charge in [0, 0.05) is 0 Å². The van der Waals surface area contributed by atoms with Crippen LogP contribution < -0.4 is 0 Å². The highest BCUT2D eigenvalue weighted by Crippen LogP contribution is 2.36. The van der Waals surface area contributed by atoms with Crippen LogP contribution in [0.25, 0.3) is 0 Å². The molecular formula is C12H22O3. The Kier molecular flexibility index (Phi) is 7.01. The van der Waals surface area contributed by atoms with Crippen LogP contribution in [0.2, 0.25) is 0 Å². The van der Waals surface area contributed by atoms with Gasteiger partial charge in [-0.3, -0.25) is 9.59 Å². The Morgan fingerprint density at radius 3 is 1.53 bits per heavy atom. The molecule has 2 atom stereocenters. The normalized spacial score (nSPS) is 27.7. The van der Waals surface area contributed by atoms with Crippen LogP contribution >= 0.6 is 0 Å². The zero-order valence-corrected chi connectivity index (χ0v) is 10.2. The second-order valence-corrected chi connectivity index (χ2v) is 3.24. The summed E-state index contributed by atoms with van der Waals surface area (Å²) in [5.74, 6) is -0.785. The van der Waals surface area contributed by atoms with Crippen molar-refractivity contribution in [3.05, 3.63) is 0 Å². The molecule has 2 rings (SSSR count). The highest BCUT2D eigenvalue weighted by Gasteiger charge is 2.44. The Morgan fingerprint density at radius 1 is 0.867 bits per heavy atom. The predicted octanol–water partition coefficient (Wildman–Crippen LogP) is 2.93. The van der Waals surface area contributed by atoms with Crippen molar-refractivity contribution in [1.29, 1.82) is 0 Å². The van der Waals surface area contributed by atoms with Gasteiger partial charge < -0.3 is 4.74 Å². The standard InChI is InChI=1S/C8H10O3.2C2H6/c9-7-5-3-1-2-4-6(5)8(10)11-7;2*1-2/h5-6H,1-4H2;2*1-2H3/t5-,6?;;/m1../s1. The van der Waals surface area contributed by atoms with Crippen molar-refractivity contribution in [2.45, 2.75) is 53.4 Å². The lowest BCUT2D eigenvalue weighted by molar-refractivity contribution is -0.153. The smallest absolute Gasteiger partial charge is 0.317 e. The summed E-state index contributed by atoms with van der Waals surface area (Å²) in [5, 5.41) is 0. The maximum absolute atomic E-state index is 11.0. The Bertz CT molecular complexity index is 189. The van der Waals surface area contributed by atoms with Crippen LogP contribution in [-0.2, 0) is 14.3 Å². The first kappa shape index (κ1) is 14.1. The SMILES string of the molecule is CC.CC.O=C1OC(=O)[C@@H]2CCCCC12. The van der Waals surface area contributed by atoms with Crippen molar-refractivity contribution in [1.82, 2.24) is 0 Å². The van der Waals surface area contributed by atoms with Gasteiger partial charge in [-0.1, -0.05) is 40.5 Å². The lowest BCUT2D eigenvalue weighted by Crippen LogP contribution is -2.21. The molecule has 0 aromatic heterocycles. The van der Waals surface area contributed by atoms with Crippen molar-refractivity contribution in [2.24, 2.45) is 11.8 Å². The van der Waals surface area contributed by atoms with Gasteiger partial charge in [0.15, 0.2) is 0 Å². The van der Waals surface area contributed by atoms with Crippen molar-refractivity contribution in [3.63, 3.8) is 0 Å². The van der Waals surface area contributed by atoms with Crippen molar-refractivity contribution < 1.29 is 14.3 Å². The molecule has 1 saturated carbocycles. The Morgan fingerprint density at radius 2 is 1.20 bits per heavy atom. The third kappa shape index (κ3) is 3.33. The second-order valence-electron chi connectivity index (χ2n) is 3.24. The van der Waals surface area contributed by atoms with E-state index in [0.29, 0.717) is 0 Å². The number of esters is 2. The molecule has 2 aliphatic rings. The fraction of sp³-hybridized carbons (Fsp3) is 0.833. The van der Waals surface area contributed by atoms with E-state index < -0.39 is 0 Å². The Labute approximate surface area is 92.2 Å². The molecule has 0 N–H and O–H groups in total. The largest absolute Gasteiger partial charge is 0.393 e. The number of ether oxygens (including phenoxy) is 1. The summed E-state index contributed by atoms with van der Waals surface area (Å²) < 4.78 is 4.53. The number of hydrogen-bond acceptors (Lipinski definition) is 3. The number of carbonyl (C=O) groups is 2. The molecule has 0 radical (unpaired) electrons. The monoisotopic (exact) mass is 214 g/mol. The third-order valence-corrected chi connectivity index (χ3v) is 2.57. The van der Waals surface area contributed by atoms with Gasteiger partial charge in [-0.25, -0.2) is 0 Å². The van der Waals surface area contributed by atoms with Gasteiger partial charge in [0.1, 0.15) is 0 Å². The lowest BCUT2D eigenvalue weighted by atomic mass is 9.81. The summed E-state index contributed by atoms with van der Waals surface area (Å²) in [4.78, 5) is 22.0. The van der Waals surface area contributed by atoms with Gasteiger partial charge in [0.25, 0.3) is 0 Å². The average molecular weight is 214 g/mol. The molecule has 3 nitrogen and oxygen atoms in total. The summed E-state index contributed by atoms with van der Waals surface area (Å²) in [5.41, 5.74) is 0. The first-order chi connectivity index (χ1) is 7.29. The minimum absolute atomic E-state index is 0.101. The van der Waals surface area contributed by atoms with E-state index in [1.165, 1.54) is 0 Å². The van der Waals surface area contributed by atoms with Gasteiger partial charge in [-0.15, -0.1) is 0 Å². The number of cyclic esters (lactones) is 2. The van der Waals surface area contributed by atoms with E-state index >= 15 is 0 Å². The first-order valence-electron chi connectivity index (χ1n) is 6.04. The molecule has 0 aromatic rings. The third-order valence-electron chi connectivity index (χ3n) is 2.57. The topological polar surface area (TPSA) is 43.4 Å². The van der Waals surface area contributed by atoms with Crippen LogP contribution in [0.15, 0.2) is 0 Å². The molecule has 0 aromatic carbocycles. The van der Waals surface area contributed by atoms with Crippen molar-refractivity contribution in [3.8, 4) is 0 Å². The van der Waals surface area contributed by atoms with Crippen LogP contribution in [0, 0.1) is 11.8 Å². The van der Waals surface area contributed by atoms with E-state index in [1.807, 2.05) is 27.7 Å². The number of carbonyl (C=O) groups excluding carboxylic acids is 2.